The van der Waals surface area contributed by atoms with Crippen LogP contribution < -0.4 is 30.5 Å². The van der Waals surface area contributed by atoms with Crippen molar-refractivity contribution in [3.05, 3.63) is 62.6 Å². The van der Waals surface area contributed by atoms with E-state index >= 15 is 0 Å². The van der Waals surface area contributed by atoms with Crippen LogP contribution in [0.5, 0.6) is 11.5 Å². The largest absolute Gasteiger partial charge is 0.493 e. The number of sulfonamides is 1. The molecule has 3 aromatic rings. The Morgan fingerprint density at radius 3 is 2.26 bits per heavy atom. The van der Waals surface area contributed by atoms with E-state index in [2.05, 4.69) is 5.32 Å². The third-order valence-electron chi connectivity index (χ3n) is 6.80. The van der Waals surface area contributed by atoms with Gasteiger partial charge in [0, 0.05) is 16.5 Å². The van der Waals surface area contributed by atoms with Crippen molar-refractivity contribution in [2.75, 3.05) is 19.5 Å². The maximum absolute atomic E-state index is 13.4. The van der Waals surface area contributed by atoms with Crippen LogP contribution in [-0.2, 0) is 31.0 Å². The highest BCUT2D eigenvalue weighted by molar-refractivity contribution is 8.00. The molecule has 0 aliphatic carbocycles. The van der Waals surface area contributed by atoms with Crippen LogP contribution in [0.25, 0.3) is 0 Å². The zero-order chi connectivity index (χ0) is 30.5. The molecule has 17 heteroatoms. The molecular formula is C25H23N5O9S3. The molecule has 2 aliphatic heterocycles. The maximum Gasteiger partial charge on any atom is 0.328 e. The fraction of sp³-hybridized carbons (Fsp3) is 0.240. The molecule has 14 nitrogen and oxygen atoms in total. The first kappa shape index (κ1) is 29.3. The van der Waals surface area contributed by atoms with Crippen LogP contribution in [0, 0.1) is 5.92 Å². The number of fused-ring (bicyclic) bond motifs is 2. The van der Waals surface area contributed by atoms with E-state index in [1.807, 2.05) is 0 Å². The van der Waals surface area contributed by atoms with Crippen LogP contribution in [0.1, 0.15) is 16.4 Å². The molecule has 0 spiro atoms. The number of nitrogens with one attached hydrogen (secondary N) is 1. The fourth-order valence-corrected chi connectivity index (χ4v) is 8.24. The number of thioether (sulfide) groups is 1. The number of likely N-dealkylation sites (tertiary alicyclic amines) is 1. The Bertz CT molecular complexity index is 1800. The standard InChI is InChI=1S/C25H23N5O9S3/c1-38-14-8-3-11(9-15(14)39-2)17-18-19(22(33)30(21(18)32)24(26)34)40-23-20(17)41-25(35)29(23)10-16(31)28-12-4-6-13(7-5-12)42(27,36)37/h3-9,17-19H,10H2,1-2H3,(H2,26,34)(H,28,31)(H2,27,36,37)/t17-,18+,19-/m0/s1. The van der Waals surface area contributed by atoms with Gasteiger partial charge >= 0.3 is 10.9 Å². The van der Waals surface area contributed by atoms with Crippen molar-refractivity contribution in [3.63, 3.8) is 0 Å². The van der Waals surface area contributed by atoms with Crippen molar-refractivity contribution in [1.29, 1.82) is 0 Å². The van der Waals surface area contributed by atoms with E-state index in [4.69, 9.17) is 20.3 Å². The number of primary amides is 1. The molecular weight excluding hydrogens is 611 g/mol. The summed E-state index contributed by atoms with van der Waals surface area (Å²) in [5.74, 6) is -3.37. The normalized spacial score (nSPS) is 19.7. The molecule has 5 N–H and O–H groups in total. The van der Waals surface area contributed by atoms with Crippen molar-refractivity contribution < 1.29 is 37.1 Å². The number of primary sulfonamides is 1. The Balaban J connectivity index is 1.54. The summed E-state index contributed by atoms with van der Waals surface area (Å²) in [5, 5.41) is 6.89. The minimum absolute atomic E-state index is 0.142. The van der Waals surface area contributed by atoms with Crippen LogP contribution in [0.3, 0.4) is 0 Å². The highest BCUT2D eigenvalue weighted by atomic mass is 32.2. The fourth-order valence-electron chi connectivity index (χ4n) is 4.95. The van der Waals surface area contributed by atoms with Gasteiger partial charge in [-0.05, 0) is 42.0 Å². The van der Waals surface area contributed by atoms with Crippen molar-refractivity contribution in [1.82, 2.24) is 9.47 Å². The van der Waals surface area contributed by atoms with Crippen LogP contribution in [0.2, 0.25) is 0 Å². The molecule has 42 heavy (non-hydrogen) atoms. The Morgan fingerprint density at radius 1 is 1.00 bits per heavy atom. The molecule has 0 unspecified atom stereocenters. The lowest BCUT2D eigenvalue weighted by atomic mass is 9.83. The van der Waals surface area contributed by atoms with Gasteiger partial charge in [-0.1, -0.05) is 29.2 Å². The van der Waals surface area contributed by atoms with E-state index in [1.54, 1.807) is 18.2 Å². The molecule has 0 saturated carbocycles. The summed E-state index contributed by atoms with van der Waals surface area (Å²) in [4.78, 5) is 65.0. The number of carbonyl (C=O) groups excluding carboxylic acids is 4. The lowest BCUT2D eigenvalue weighted by Gasteiger charge is -2.31. The van der Waals surface area contributed by atoms with Gasteiger partial charge in [-0.25, -0.2) is 18.4 Å². The highest BCUT2D eigenvalue weighted by Gasteiger charge is 2.58. The minimum Gasteiger partial charge on any atom is -0.493 e. The lowest BCUT2D eigenvalue weighted by molar-refractivity contribution is -0.135. The van der Waals surface area contributed by atoms with Gasteiger partial charge in [0.1, 0.15) is 11.8 Å². The third kappa shape index (κ3) is 5.04. The summed E-state index contributed by atoms with van der Waals surface area (Å²) < 4.78 is 34.9. The quantitative estimate of drug-likeness (QED) is 0.313. The van der Waals surface area contributed by atoms with E-state index in [9.17, 15) is 32.4 Å². The average Bonchev–Trinajstić information content (AvgIpc) is 3.38. The predicted molar refractivity (Wildman–Crippen MR) is 151 cm³/mol. The van der Waals surface area contributed by atoms with Crippen LogP contribution in [0.4, 0.5) is 10.5 Å². The van der Waals surface area contributed by atoms with Gasteiger partial charge in [0.2, 0.25) is 21.8 Å². The summed E-state index contributed by atoms with van der Waals surface area (Å²) >= 11 is 1.73. The predicted octanol–water partition coefficient (Wildman–Crippen LogP) is 0.883. The van der Waals surface area contributed by atoms with Crippen LogP contribution in [-0.4, -0.2) is 61.1 Å². The van der Waals surface area contributed by atoms with Gasteiger partial charge in [0.15, 0.2) is 11.5 Å². The number of anilines is 1. The number of urea groups is 1. The first-order chi connectivity index (χ1) is 19.8. The van der Waals surface area contributed by atoms with Gasteiger partial charge < -0.3 is 20.5 Å². The summed E-state index contributed by atoms with van der Waals surface area (Å²) in [6.07, 6.45) is 0. The molecule has 2 aliphatic rings. The second-order valence-corrected chi connectivity index (χ2v) is 12.9. The van der Waals surface area contributed by atoms with Crippen LogP contribution >= 0.6 is 23.1 Å². The number of benzene rings is 2. The molecule has 3 heterocycles. The number of hydrogen-bond donors (Lipinski definition) is 3. The number of methoxy groups -OCH3 is 2. The van der Waals surface area contributed by atoms with Gasteiger partial charge in [-0.15, -0.1) is 0 Å². The number of imide groups is 3. The first-order valence-corrected chi connectivity index (χ1v) is 15.3. The summed E-state index contributed by atoms with van der Waals surface area (Å²) in [6, 6.07) is 8.83. The number of nitrogens with zero attached hydrogens (tertiary/aromatic N) is 2. The van der Waals surface area contributed by atoms with E-state index < -0.39 is 62.3 Å². The summed E-state index contributed by atoms with van der Waals surface area (Å²) in [7, 11) is -1.04. The van der Waals surface area contributed by atoms with Gasteiger partial charge in [-0.2, -0.15) is 4.90 Å². The van der Waals surface area contributed by atoms with E-state index in [0.29, 0.717) is 31.9 Å². The van der Waals surface area contributed by atoms with Gasteiger partial charge in [0.25, 0.3) is 5.91 Å². The Hall–Kier alpha value is -4.19. The molecule has 1 saturated heterocycles. The monoisotopic (exact) mass is 633 g/mol. The maximum atomic E-state index is 13.4. The zero-order valence-electron chi connectivity index (χ0n) is 21.9. The molecule has 220 valence electrons. The summed E-state index contributed by atoms with van der Waals surface area (Å²) in [5.41, 5.74) is 6.14. The second kappa shape index (κ2) is 10.9. The van der Waals surface area contributed by atoms with Crippen molar-refractivity contribution in [2.24, 2.45) is 16.8 Å². The number of thiazole rings is 1. The first-order valence-electron chi connectivity index (χ1n) is 12.1. The van der Waals surface area contributed by atoms with E-state index in [-0.39, 0.29) is 10.6 Å². The number of hydrogen-bond acceptors (Lipinski definition) is 11. The number of amides is 5. The topological polar surface area (TPSA) is 210 Å². The number of ether oxygens (including phenoxy) is 2. The van der Waals surface area contributed by atoms with Crippen LogP contribution in [0.15, 0.2) is 57.2 Å². The molecule has 1 aromatic heterocycles. The third-order valence-corrected chi connectivity index (χ3v) is 10.3. The summed E-state index contributed by atoms with van der Waals surface area (Å²) in [6.45, 7) is -0.452. The zero-order valence-corrected chi connectivity index (χ0v) is 24.4. The lowest BCUT2D eigenvalue weighted by Crippen LogP contribution is -2.41. The SMILES string of the molecule is COc1ccc([C@@H]2c3sc(=O)n(CC(=O)Nc4ccc(S(N)(=O)=O)cc4)c3S[C@@H]3C(=O)N(C(N)=O)C(=O)[C@H]23)cc1OC. The molecule has 5 amide bonds. The molecule has 0 radical (unpaired) electrons. The average molecular weight is 634 g/mol. The van der Waals surface area contributed by atoms with Crippen molar-refractivity contribution in [2.45, 2.75) is 27.6 Å². The second-order valence-electron chi connectivity index (χ2n) is 9.25. The van der Waals surface area contributed by atoms with Gasteiger partial charge in [-0.3, -0.25) is 23.7 Å². The Kier molecular flexibility index (Phi) is 7.61. The Labute approximate surface area is 246 Å². The van der Waals surface area contributed by atoms with E-state index in [0.717, 1.165) is 23.1 Å². The number of carbonyl (C=O) groups is 4. The van der Waals surface area contributed by atoms with Gasteiger partial charge in [0.05, 0.1) is 30.1 Å². The van der Waals surface area contributed by atoms with E-state index in [1.165, 1.54) is 43.1 Å². The number of aromatic nitrogens is 1. The number of rotatable bonds is 7. The highest BCUT2D eigenvalue weighted by Crippen LogP contribution is 2.54. The molecule has 3 atom stereocenters. The Morgan fingerprint density at radius 2 is 1.67 bits per heavy atom. The molecule has 1 fully saturated rings. The van der Waals surface area contributed by atoms with Crippen molar-refractivity contribution in [3.8, 4) is 11.5 Å². The number of nitrogens with two attached hydrogens (primary N) is 2. The molecule has 0 bridgehead atoms. The molecule has 5 rings (SSSR count). The smallest absolute Gasteiger partial charge is 0.328 e. The molecule has 2 aromatic carbocycles. The van der Waals surface area contributed by atoms with Crippen molar-refractivity contribution >= 4 is 62.6 Å². The minimum atomic E-state index is -3.92.